The summed E-state index contributed by atoms with van der Waals surface area (Å²) < 4.78 is 28.5. The van der Waals surface area contributed by atoms with Crippen LogP contribution in [0, 0.1) is 0 Å². The normalized spacial score (nSPS) is 11.4. The maximum absolute atomic E-state index is 11.5. The van der Waals surface area contributed by atoms with E-state index in [1.165, 1.54) is 0 Å². The Morgan fingerprint density at radius 2 is 1.94 bits per heavy atom. The molecule has 0 bridgehead atoms. The van der Waals surface area contributed by atoms with Crippen LogP contribution in [0.4, 0.5) is 0 Å². The summed E-state index contributed by atoms with van der Waals surface area (Å²) in [5.74, 6) is 1.06. The second-order valence-corrected chi connectivity index (χ2v) is 6.61. The molecule has 0 saturated heterocycles. The molecule has 0 heterocycles. The zero-order chi connectivity index (χ0) is 12.7. The fourth-order valence-corrected chi connectivity index (χ4v) is 3.07. The van der Waals surface area contributed by atoms with E-state index in [1.54, 1.807) is 0 Å². The Morgan fingerprint density at radius 1 is 1.24 bits per heavy atom. The topological polar surface area (TPSA) is 43.4 Å². The second kappa shape index (κ2) is 7.01. The zero-order valence-corrected chi connectivity index (χ0v) is 12.3. The predicted octanol–water partition coefficient (Wildman–Crippen LogP) is 2.79. The summed E-state index contributed by atoms with van der Waals surface area (Å²) in [5.41, 5.74) is 1.03. The molecule has 0 aliphatic heterocycles. The van der Waals surface area contributed by atoms with E-state index in [9.17, 15) is 8.42 Å². The van der Waals surface area contributed by atoms with E-state index in [0.29, 0.717) is 11.8 Å². The molecule has 0 amide bonds. The minimum absolute atomic E-state index is 0.0808. The van der Waals surface area contributed by atoms with Gasteiger partial charge in [-0.3, -0.25) is 0 Å². The molecule has 1 aromatic carbocycles. The van der Waals surface area contributed by atoms with Gasteiger partial charge in [0.25, 0.3) is 0 Å². The van der Waals surface area contributed by atoms with Gasteiger partial charge >= 0.3 is 0 Å². The summed E-state index contributed by atoms with van der Waals surface area (Å²) in [5, 5.41) is 0.699. The number of benzene rings is 1. The second-order valence-electron chi connectivity index (χ2n) is 3.74. The van der Waals surface area contributed by atoms with Crippen molar-refractivity contribution in [3.05, 3.63) is 29.8 Å². The van der Waals surface area contributed by atoms with Crippen molar-refractivity contribution in [3.63, 3.8) is 0 Å². The minimum Gasteiger partial charge on any atom is -0.492 e. The molecule has 0 spiro atoms. The van der Waals surface area contributed by atoms with Crippen molar-refractivity contribution >= 4 is 25.8 Å². The van der Waals surface area contributed by atoms with Crippen LogP contribution in [0.2, 0.25) is 0 Å². The summed E-state index contributed by atoms with van der Waals surface area (Å²) >= 11 is 3.37. The summed E-state index contributed by atoms with van der Waals surface area (Å²) in [6.45, 7) is 2.07. The van der Waals surface area contributed by atoms with Crippen LogP contribution in [-0.2, 0) is 15.2 Å². The Labute approximate surface area is 111 Å². The van der Waals surface area contributed by atoms with Gasteiger partial charge in [-0.05, 0) is 12.5 Å². The van der Waals surface area contributed by atoms with E-state index in [0.717, 1.165) is 11.3 Å². The fourth-order valence-electron chi connectivity index (χ4n) is 1.45. The molecule has 1 rings (SSSR count). The Kier molecular flexibility index (Phi) is 5.98. The van der Waals surface area contributed by atoms with Gasteiger partial charge in [-0.25, -0.2) is 8.42 Å². The molecule has 0 aliphatic carbocycles. The van der Waals surface area contributed by atoms with Crippen LogP contribution in [0.5, 0.6) is 5.75 Å². The van der Waals surface area contributed by atoms with Crippen molar-refractivity contribution < 1.29 is 13.2 Å². The maximum Gasteiger partial charge on any atom is 0.153 e. The van der Waals surface area contributed by atoms with Gasteiger partial charge in [0.15, 0.2) is 9.84 Å². The summed E-state index contributed by atoms with van der Waals surface area (Å²) in [4.78, 5) is 0. The first-order chi connectivity index (χ1) is 8.09. The highest BCUT2D eigenvalue weighted by Crippen LogP contribution is 2.20. The number of alkyl halides is 1. The van der Waals surface area contributed by atoms with E-state index in [2.05, 4.69) is 15.9 Å². The largest absolute Gasteiger partial charge is 0.492 e. The lowest BCUT2D eigenvalue weighted by molar-refractivity contribution is 0.338. The first kappa shape index (κ1) is 14.5. The van der Waals surface area contributed by atoms with Crippen LogP contribution in [0.25, 0.3) is 0 Å². The first-order valence-corrected chi connectivity index (χ1v) is 8.50. The van der Waals surface area contributed by atoms with Gasteiger partial charge in [0.05, 0.1) is 11.5 Å². The van der Waals surface area contributed by atoms with Gasteiger partial charge in [-0.15, -0.1) is 0 Å². The monoisotopic (exact) mass is 320 g/mol. The Bertz CT molecular complexity index is 443. The molecular formula is C12H17BrO3S. The fraction of sp³-hybridized carbons (Fsp3) is 0.500. The maximum atomic E-state index is 11.5. The first-order valence-electron chi connectivity index (χ1n) is 5.56. The van der Waals surface area contributed by atoms with E-state index in [-0.39, 0.29) is 18.1 Å². The van der Waals surface area contributed by atoms with Crippen molar-refractivity contribution in [2.45, 2.75) is 18.7 Å². The Balaban J connectivity index is 2.51. The lowest BCUT2D eigenvalue weighted by Crippen LogP contribution is -2.17. The van der Waals surface area contributed by atoms with Gasteiger partial charge in [-0.1, -0.05) is 41.1 Å². The summed E-state index contributed by atoms with van der Waals surface area (Å²) in [6, 6.07) is 7.60. The van der Waals surface area contributed by atoms with E-state index >= 15 is 0 Å². The standard InChI is InChI=1S/C12H17BrO3S/c1-2-8-17(14,15)9-7-16-12-6-4-3-5-11(12)10-13/h3-6H,2,7-10H2,1H3. The van der Waals surface area contributed by atoms with Gasteiger partial charge in [0.1, 0.15) is 12.4 Å². The highest BCUT2D eigenvalue weighted by Gasteiger charge is 2.10. The molecule has 1 aromatic rings. The Morgan fingerprint density at radius 3 is 2.59 bits per heavy atom. The molecular weight excluding hydrogens is 304 g/mol. The zero-order valence-electron chi connectivity index (χ0n) is 9.86. The molecule has 0 N–H and O–H groups in total. The molecule has 5 heteroatoms. The lowest BCUT2D eigenvalue weighted by atomic mass is 10.2. The van der Waals surface area contributed by atoms with Gasteiger partial charge in [-0.2, -0.15) is 0 Å². The minimum atomic E-state index is -2.96. The van der Waals surface area contributed by atoms with Crippen molar-refractivity contribution in [1.29, 1.82) is 0 Å². The lowest BCUT2D eigenvalue weighted by Gasteiger charge is -2.09. The van der Waals surface area contributed by atoms with Crippen molar-refractivity contribution in [2.75, 3.05) is 18.1 Å². The number of rotatable bonds is 7. The number of hydrogen-bond acceptors (Lipinski definition) is 3. The molecule has 96 valence electrons. The highest BCUT2D eigenvalue weighted by atomic mass is 79.9. The number of hydrogen-bond donors (Lipinski definition) is 0. The molecule has 17 heavy (non-hydrogen) atoms. The average Bonchev–Trinajstić information content (AvgIpc) is 2.29. The quantitative estimate of drug-likeness (QED) is 0.725. The van der Waals surface area contributed by atoms with Crippen molar-refractivity contribution in [1.82, 2.24) is 0 Å². The SMILES string of the molecule is CCCS(=O)(=O)CCOc1ccccc1CBr. The van der Waals surface area contributed by atoms with Crippen LogP contribution in [-0.4, -0.2) is 26.5 Å². The van der Waals surface area contributed by atoms with Crippen LogP contribution in [0.15, 0.2) is 24.3 Å². The smallest absolute Gasteiger partial charge is 0.153 e. The number of halogens is 1. The van der Waals surface area contributed by atoms with E-state index < -0.39 is 9.84 Å². The average molecular weight is 321 g/mol. The van der Waals surface area contributed by atoms with Crippen LogP contribution in [0.3, 0.4) is 0 Å². The Hall–Kier alpha value is -0.550. The number of ether oxygens (including phenoxy) is 1. The molecule has 0 radical (unpaired) electrons. The van der Waals surface area contributed by atoms with Crippen LogP contribution < -0.4 is 4.74 Å². The van der Waals surface area contributed by atoms with E-state index in [4.69, 9.17) is 4.74 Å². The van der Waals surface area contributed by atoms with Gasteiger partial charge < -0.3 is 4.74 Å². The van der Waals surface area contributed by atoms with Gasteiger partial charge in [0.2, 0.25) is 0 Å². The summed E-state index contributed by atoms with van der Waals surface area (Å²) in [7, 11) is -2.96. The molecule has 0 saturated carbocycles. The summed E-state index contributed by atoms with van der Waals surface area (Å²) in [6.07, 6.45) is 0.653. The third-order valence-electron chi connectivity index (χ3n) is 2.28. The number of para-hydroxylation sites is 1. The van der Waals surface area contributed by atoms with Crippen molar-refractivity contribution in [2.24, 2.45) is 0 Å². The molecule has 0 unspecified atom stereocenters. The van der Waals surface area contributed by atoms with Crippen molar-refractivity contribution in [3.8, 4) is 5.75 Å². The molecule has 0 atom stereocenters. The van der Waals surface area contributed by atoms with E-state index in [1.807, 2.05) is 31.2 Å². The van der Waals surface area contributed by atoms with Gasteiger partial charge in [0, 0.05) is 10.9 Å². The van der Waals surface area contributed by atoms with Crippen LogP contribution >= 0.6 is 15.9 Å². The molecule has 3 nitrogen and oxygen atoms in total. The predicted molar refractivity (Wildman–Crippen MR) is 73.5 cm³/mol. The third-order valence-corrected chi connectivity index (χ3v) is 4.71. The number of sulfone groups is 1. The third kappa shape index (κ3) is 5.08. The highest BCUT2D eigenvalue weighted by molar-refractivity contribution is 9.08. The molecule has 0 aliphatic rings. The van der Waals surface area contributed by atoms with Crippen LogP contribution in [0.1, 0.15) is 18.9 Å². The molecule has 0 fully saturated rings. The molecule has 0 aromatic heterocycles.